The van der Waals surface area contributed by atoms with Gasteiger partial charge < -0.3 is 15.0 Å². The molecule has 2 aromatic rings. The number of benzene rings is 1. The van der Waals surface area contributed by atoms with E-state index in [0.717, 1.165) is 0 Å². The maximum atomic E-state index is 14.5. The molecule has 0 aliphatic carbocycles. The van der Waals surface area contributed by atoms with Crippen LogP contribution in [0.4, 0.5) is 13.2 Å². The third-order valence-electron chi connectivity index (χ3n) is 6.02. The number of methoxy groups -OCH3 is 1. The molecule has 1 N–H and O–H groups in total. The number of carbonyl (C=O) groups is 3. The van der Waals surface area contributed by atoms with E-state index >= 15 is 0 Å². The second-order valence-corrected chi connectivity index (χ2v) is 8.82. The van der Waals surface area contributed by atoms with Crippen molar-refractivity contribution in [2.45, 2.75) is 31.1 Å². The molecule has 33 heavy (non-hydrogen) atoms. The summed E-state index contributed by atoms with van der Waals surface area (Å²) in [4.78, 5) is 43.3. The number of hydrogen-bond acceptors (Lipinski definition) is 5. The van der Waals surface area contributed by atoms with E-state index in [-0.39, 0.29) is 65.3 Å². The van der Waals surface area contributed by atoms with Crippen LogP contribution >= 0.6 is 23.2 Å². The molecule has 1 fully saturated rings. The normalized spacial score (nSPS) is 21.5. The van der Waals surface area contributed by atoms with Crippen molar-refractivity contribution in [1.29, 1.82) is 0 Å². The molecule has 178 valence electrons. The molecule has 3 heterocycles. The van der Waals surface area contributed by atoms with E-state index in [1.54, 1.807) is 0 Å². The molecule has 8 nitrogen and oxygen atoms in total. The van der Waals surface area contributed by atoms with E-state index in [1.807, 2.05) is 5.32 Å². The smallest absolute Gasteiger partial charge is 0.375 e. The number of imidazole rings is 1. The van der Waals surface area contributed by atoms with Gasteiger partial charge in [-0.3, -0.25) is 19.0 Å². The number of nitrogens with one attached hydrogen (secondary N) is 1. The number of aromatic nitrogens is 2. The molecule has 2 aliphatic heterocycles. The van der Waals surface area contributed by atoms with E-state index < -0.39 is 35.9 Å². The Morgan fingerprint density at radius 3 is 2.48 bits per heavy atom. The molecule has 4 rings (SSSR count). The molecule has 1 aromatic carbocycles. The number of likely N-dealkylation sites (tertiary alicyclic amines) is 1. The van der Waals surface area contributed by atoms with Crippen molar-refractivity contribution in [2.75, 3.05) is 26.8 Å². The highest BCUT2D eigenvalue weighted by Crippen LogP contribution is 2.44. The molecule has 0 bridgehead atoms. The average Bonchev–Trinajstić information content (AvgIpc) is 3.22. The zero-order chi connectivity index (χ0) is 24.1. The first-order chi connectivity index (χ1) is 15.5. The summed E-state index contributed by atoms with van der Waals surface area (Å²) in [5, 5.41) is 2.08. The zero-order valence-electron chi connectivity index (χ0n) is 17.3. The SMILES string of the molecule is COCC(=O)N1CCC(C(=O)NC2(C(F)(F)F)C(=O)Cc3nc4cc(Cl)c(Cl)cc4n32)CC1. The van der Waals surface area contributed by atoms with Crippen molar-refractivity contribution >= 4 is 51.8 Å². The Balaban J connectivity index is 1.67. The summed E-state index contributed by atoms with van der Waals surface area (Å²) in [7, 11) is 1.38. The Kier molecular flexibility index (Phi) is 6.08. The monoisotopic (exact) mass is 506 g/mol. The van der Waals surface area contributed by atoms with Gasteiger partial charge in [0, 0.05) is 26.1 Å². The first-order valence-corrected chi connectivity index (χ1v) is 10.8. The first-order valence-electron chi connectivity index (χ1n) is 10.0. The van der Waals surface area contributed by atoms with Crippen LogP contribution in [0.2, 0.25) is 10.0 Å². The molecule has 1 aromatic heterocycles. The molecule has 0 saturated carbocycles. The number of amides is 2. The fourth-order valence-corrected chi connectivity index (χ4v) is 4.69. The van der Waals surface area contributed by atoms with Gasteiger partial charge in [0.2, 0.25) is 11.8 Å². The number of Topliss-reactive ketones (excluding diaryl/α,β-unsaturated/α-hetero) is 1. The Morgan fingerprint density at radius 2 is 1.88 bits per heavy atom. The summed E-state index contributed by atoms with van der Waals surface area (Å²) >= 11 is 12.0. The van der Waals surface area contributed by atoms with Gasteiger partial charge in [-0.1, -0.05) is 23.2 Å². The number of rotatable bonds is 4. The quantitative estimate of drug-likeness (QED) is 0.687. The highest BCUT2D eigenvalue weighted by Gasteiger charge is 2.67. The number of nitrogens with zero attached hydrogens (tertiary/aromatic N) is 3. The number of fused-ring (bicyclic) bond motifs is 3. The predicted octanol–water partition coefficient (Wildman–Crippen LogP) is 2.68. The van der Waals surface area contributed by atoms with Crippen LogP contribution in [-0.4, -0.2) is 65.0 Å². The van der Waals surface area contributed by atoms with Crippen LogP contribution in [0.15, 0.2) is 12.1 Å². The van der Waals surface area contributed by atoms with Crippen LogP contribution in [-0.2, 0) is 31.2 Å². The summed E-state index contributed by atoms with van der Waals surface area (Å²) in [5.74, 6) is -3.38. The van der Waals surface area contributed by atoms with E-state index in [2.05, 4.69) is 4.98 Å². The second kappa shape index (κ2) is 8.44. The van der Waals surface area contributed by atoms with Crippen molar-refractivity contribution in [3.8, 4) is 0 Å². The zero-order valence-corrected chi connectivity index (χ0v) is 18.9. The van der Waals surface area contributed by atoms with Gasteiger partial charge in [-0.25, -0.2) is 4.98 Å². The molecule has 1 atom stereocenters. The molecule has 1 unspecified atom stereocenters. The third-order valence-corrected chi connectivity index (χ3v) is 6.75. The minimum atomic E-state index is -5.15. The Bertz CT molecular complexity index is 1140. The summed E-state index contributed by atoms with van der Waals surface area (Å²) in [6, 6.07) is 2.51. The van der Waals surface area contributed by atoms with Crippen LogP contribution in [0.25, 0.3) is 11.0 Å². The molecule has 0 spiro atoms. The predicted molar refractivity (Wildman–Crippen MR) is 112 cm³/mol. The molecule has 13 heteroatoms. The summed E-state index contributed by atoms with van der Waals surface area (Å²) in [6.07, 6.45) is -5.46. The van der Waals surface area contributed by atoms with E-state index in [0.29, 0.717) is 4.57 Å². The maximum Gasteiger partial charge on any atom is 0.438 e. The molecule has 2 aliphatic rings. The third kappa shape index (κ3) is 3.85. The number of hydrogen-bond donors (Lipinski definition) is 1. The van der Waals surface area contributed by atoms with Crippen LogP contribution in [0.5, 0.6) is 0 Å². The topological polar surface area (TPSA) is 93.5 Å². The van der Waals surface area contributed by atoms with Gasteiger partial charge in [0.1, 0.15) is 12.4 Å². The lowest BCUT2D eigenvalue weighted by atomic mass is 9.94. The van der Waals surface area contributed by atoms with E-state index in [1.165, 1.54) is 24.1 Å². The van der Waals surface area contributed by atoms with Crippen LogP contribution < -0.4 is 5.32 Å². The average molecular weight is 507 g/mol. The number of ketones is 1. The van der Waals surface area contributed by atoms with E-state index in [9.17, 15) is 27.6 Å². The lowest BCUT2D eigenvalue weighted by Crippen LogP contribution is -2.64. The van der Waals surface area contributed by atoms with Gasteiger partial charge in [0.05, 0.1) is 27.5 Å². The van der Waals surface area contributed by atoms with Gasteiger partial charge >= 0.3 is 6.18 Å². The standard InChI is InChI=1S/C20H19Cl2F3N4O4/c1-33-9-17(31)28-4-2-10(3-5-28)18(32)27-19(20(23,24)25)15(30)8-16-26-13-6-11(21)12(22)7-14(13)29(16)19/h6-7,10H,2-5,8-9H2,1H3,(H,27,32). The van der Waals surface area contributed by atoms with Gasteiger partial charge in [0.25, 0.3) is 5.66 Å². The largest absolute Gasteiger partial charge is 0.438 e. The van der Waals surface area contributed by atoms with E-state index in [4.69, 9.17) is 27.9 Å². The summed E-state index contributed by atoms with van der Waals surface area (Å²) < 4.78 is 49.0. The number of carbonyl (C=O) groups excluding carboxylic acids is 3. The lowest BCUT2D eigenvalue weighted by Gasteiger charge is -2.36. The highest BCUT2D eigenvalue weighted by atomic mass is 35.5. The molecule has 1 saturated heterocycles. The number of ether oxygens (including phenoxy) is 1. The fraction of sp³-hybridized carbons (Fsp3) is 0.500. The maximum absolute atomic E-state index is 14.5. The molecular formula is C20H19Cl2F3N4O4. The van der Waals surface area contributed by atoms with Crippen LogP contribution in [0.3, 0.4) is 0 Å². The van der Waals surface area contributed by atoms with Crippen molar-refractivity contribution in [3.05, 3.63) is 28.0 Å². The number of piperidine rings is 1. The van der Waals surface area contributed by atoms with Crippen molar-refractivity contribution in [1.82, 2.24) is 19.8 Å². The number of halogens is 5. The van der Waals surface area contributed by atoms with Gasteiger partial charge in [-0.2, -0.15) is 13.2 Å². The minimum absolute atomic E-state index is 0.0123. The van der Waals surface area contributed by atoms with Crippen molar-refractivity contribution in [3.63, 3.8) is 0 Å². The van der Waals surface area contributed by atoms with Crippen molar-refractivity contribution < 1.29 is 32.3 Å². The van der Waals surface area contributed by atoms with Gasteiger partial charge in [0.15, 0.2) is 5.78 Å². The Morgan fingerprint density at radius 1 is 1.24 bits per heavy atom. The minimum Gasteiger partial charge on any atom is -0.375 e. The van der Waals surface area contributed by atoms with Gasteiger partial charge in [-0.05, 0) is 25.0 Å². The van der Waals surface area contributed by atoms with Gasteiger partial charge in [-0.15, -0.1) is 0 Å². The Hall–Kier alpha value is -2.37. The highest BCUT2D eigenvalue weighted by molar-refractivity contribution is 6.42. The van der Waals surface area contributed by atoms with Crippen molar-refractivity contribution in [2.24, 2.45) is 5.92 Å². The van der Waals surface area contributed by atoms with Crippen LogP contribution in [0, 0.1) is 5.92 Å². The molecule has 0 radical (unpaired) electrons. The fourth-order valence-electron chi connectivity index (χ4n) is 4.38. The summed E-state index contributed by atoms with van der Waals surface area (Å²) in [6.45, 7) is 0.271. The Labute approximate surface area is 195 Å². The first kappa shape index (κ1) is 23.8. The lowest BCUT2D eigenvalue weighted by molar-refractivity contribution is -0.219. The second-order valence-electron chi connectivity index (χ2n) is 8.00. The molecule has 2 amide bonds. The summed E-state index contributed by atoms with van der Waals surface area (Å²) in [5.41, 5.74) is -3.25. The van der Waals surface area contributed by atoms with Crippen LogP contribution in [0.1, 0.15) is 18.7 Å². The molecular weight excluding hydrogens is 488 g/mol. The number of alkyl halides is 3.